The van der Waals surface area contributed by atoms with Gasteiger partial charge in [0.15, 0.2) is 6.61 Å². The number of esters is 2. The summed E-state index contributed by atoms with van der Waals surface area (Å²) < 4.78 is 12.1. The molecule has 1 aliphatic carbocycles. The lowest BCUT2D eigenvalue weighted by molar-refractivity contribution is -0.119. The largest absolute Gasteiger partial charge is 0.458 e. The Morgan fingerprint density at radius 2 is 1.69 bits per heavy atom. The van der Waals surface area contributed by atoms with Gasteiger partial charge in [-0.15, -0.1) is 0 Å². The second kappa shape index (κ2) is 11.8. The fourth-order valence-electron chi connectivity index (χ4n) is 4.60. The number of carbonyl (C=O) groups is 3. The van der Waals surface area contributed by atoms with Crippen molar-refractivity contribution in [2.24, 2.45) is 17.8 Å². The molecule has 3 rings (SSSR count). The summed E-state index contributed by atoms with van der Waals surface area (Å²) in [5.41, 5.74) is 2.75. The summed E-state index contributed by atoms with van der Waals surface area (Å²) in [6, 6.07) is 10.2. The van der Waals surface area contributed by atoms with Crippen molar-refractivity contribution < 1.29 is 23.9 Å². The predicted molar refractivity (Wildman–Crippen MR) is 140 cm³/mol. The van der Waals surface area contributed by atoms with Crippen molar-refractivity contribution in [3.8, 4) is 0 Å². The molecule has 0 aromatic heterocycles. The Balaban J connectivity index is 1.65. The van der Waals surface area contributed by atoms with Gasteiger partial charge < -0.3 is 14.8 Å². The molecule has 0 spiro atoms. The minimum Gasteiger partial charge on any atom is -0.458 e. The first-order chi connectivity index (χ1) is 16.6. The lowest BCUT2D eigenvalue weighted by Gasteiger charge is -2.36. The van der Waals surface area contributed by atoms with Crippen LogP contribution in [0.1, 0.15) is 71.9 Å². The highest BCUT2D eigenvalue weighted by Crippen LogP contribution is 2.36. The number of ether oxygens (including phenoxy) is 2. The van der Waals surface area contributed by atoms with E-state index in [0.717, 1.165) is 34.9 Å². The molecule has 7 heteroatoms. The zero-order chi connectivity index (χ0) is 25.7. The van der Waals surface area contributed by atoms with Crippen LogP contribution in [0.4, 0.5) is 5.69 Å². The van der Waals surface area contributed by atoms with Crippen molar-refractivity contribution in [2.45, 2.75) is 60.0 Å². The van der Waals surface area contributed by atoms with Crippen LogP contribution in [-0.2, 0) is 14.3 Å². The molecule has 6 nitrogen and oxygen atoms in total. The average molecular weight is 544 g/mol. The number of rotatable bonds is 7. The van der Waals surface area contributed by atoms with Crippen LogP contribution in [0.2, 0.25) is 0 Å². The van der Waals surface area contributed by atoms with E-state index in [4.69, 9.17) is 9.47 Å². The van der Waals surface area contributed by atoms with Crippen molar-refractivity contribution in [2.75, 3.05) is 11.9 Å². The fraction of sp³-hybridized carbons (Fsp3) is 0.464. The van der Waals surface area contributed by atoms with Gasteiger partial charge in [-0.1, -0.05) is 55.3 Å². The summed E-state index contributed by atoms with van der Waals surface area (Å²) in [6.07, 6.45) is 2.78. The molecule has 1 fully saturated rings. The van der Waals surface area contributed by atoms with Gasteiger partial charge in [-0.25, -0.2) is 9.59 Å². The van der Waals surface area contributed by atoms with Gasteiger partial charge in [0.25, 0.3) is 5.91 Å². The number of amides is 1. The zero-order valence-corrected chi connectivity index (χ0v) is 22.6. The van der Waals surface area contributed by atoms with Crippen LogP contribution in [0.5, 0.6) is 0 Å². The summed E-state index contributed by atoms with van der Waals surface area (Å²) in [6.45, 7) is 9.80. The number of carbonyl (C=O) groups excluding carboxylic acids is 3. The van der Waals surface area contributed by atoms with Gasteiger partial charge in [-0.2, -0.15) is 0 Å². The summed E-state index contributed by atoms with van der Waals surface area (Å²) in [7, 11) is 0. The quantitative estimate of drug-likeness (QED) is 0.404. The van der Waals surface area contributed by atoms with Crippen LogP contribution in [0.15, 0.2) is 40.9 Å². The van der Waals surface area contributed by atoms with Gasteiger partial charge in [-0.05, 0) is 79.8 Å². The van der Waals surface area contributed by atoms with Crippen LogP contribution < -0.4 is 5.32 Å². The molecule has 0 radical (unpaired) electrons. The van der Waals surface area contributed by atoms with Crippen molar-refractivity contribution >= 4 is 39.5 Å². The molecule has 1 aliphatic rings. The van der Waals surface area contributed by atoms with Crippen LogP contribution >= 0.6 is 15.9 Å². The molecule has 1 saturated carbocycles. The van der Waals surface area contributed by atoms with Gasteiger partial charge in [-0.3, -0.25) is 4.79 Å². The molecule has 0 heterocycles. The Labute approximate surface area is 215 Å². The van der Waals surface area contributed by atoms with E-state index < -0.39 is 24.5 Å². The third kappa shape index (κ3) is 6.94. The molecule has 0 aliphatic heterocycles. The molecule has 0 saturated heterocycles. The lowest BCUT2D eigenvalue weighted by atomic mass is 9.75. The van der Waals surface area contributed by atoms with Crippen molar-refractivity contribution in [3.05, 3.63) is 63.1 Å². The number of anilines is 1. The third-order valence-electron chi connectivity index (χ3n) is 6.70. The van der Waals surface area contributed by atoms with E-state index in [1.165, 1.54) is 6.07 Å². The van der Waals surface area contributed by atoms with Crippen molar-refractivity contribution in [1.29, 1.82) is 0 Å². The number of aryl methyl sites for hydroxylation is 2. The first kappa shape index (κ1) is 26.9. The lowest BCUT2D eigenvalue weighted by Crippen LogP contribution is -2.36. The summed E-state index contributed by atoms with van der Waals surface area (Å²) >= 11 is 3.46. The molecule has 0 unspecified atom stereocenters. The van der Waals surface area contributed by atoms with E-state index >= 15 is 0 Å². The van der Waals surface area contributed by atoms with Crippen LogP contribution in [0, 0.1) is 31.6 Å². The second-order valence-electron chi connectivity index (χ2n) is 9.86. The predicted octanol–water partition coefficient (Wildman–Crippen LogP) is 6.48. The minimum absolute atomic E-state index is 0.0888. The normalized spacial score (nSPS) is 19.8. The fourth-order valence-corrected chi connectivity index (χ4v) is 5.06. The monoisotopic (exact) mass is 543 g/mol. The van der Waals surface area contributed by atoms with Gasteiger partial charge in [0.1, 0.15) is 6.10 Å². The molecular weight excluding hydrogens is 510 g/mol. The highest BCUT2D eigenvalue weighted by Gasteiger charge is 2.34. The van der Waals surface area contributed by atoms with Gasteiger partial charge >= 0.3 is 11.9 Å². The Morgan fingerprint density at radius 1 is 1.03 bits per heavy atom. The highest BCUT2D eigenvalue weighted by molar-refractivity contribution is 9.10. The molecular formula is C28H34BrNO5. The maximum Gasteiger partial charge on any atom is 0.339 e. The maximum atomic E-state index is 13.1. The van der Waals surface area contributed by atoms with Crippen molar-refractivity contribution in [3.63, 3.8) is 0 Å². The average Bonchev–Trinajstić information content (AvgIpc) is 2.80. The number of benzene rings is 2. The molecule has 1 N–H and O–H groups in total. The van der Waals surface area contributed by atoms with Crippen LogP contribution in [-0.4, -0.2) is 30.6 Å². The molecule has 0 bridgehead atoms. The van der Waals surface area contributed by atoms with E-state index in [0.29, 0.717) is 23.4 Å². The van der Waals surface area contributed by atoms with E-state index in [1.807, 2.05) is 26.0 Å². The summed E-state index contributed by atoms with van der Waals surface area (Å²) in [5, 5.41) is 2.77. The topological polar surface area (TPSA) is 81.7 Å². The van der Waals surface area contributed by atoms with Gasteiger partial charge in [0, 0.05) is 10.2 Å². The molecule has 35 heavy (non-hydrogen) atoms. The number of halogens is 1. The molecule has 188 valence electrons. The zero-order valence-electron chi connectivity index (χ0n) is 21.0. The highest BCUT2D eigenvalue weighted by atomic mass is 79.9. The third-order valence-corrected chi connectivity index (χ3v) is 7.56. The maximum absolute atomic E-state index is 13.1. The summed E-state index contributed by atoms with van der Waals surface area (Å²) in [5.74, 6) is -0.554. The minimum atomic E-state index is -0.742. The van der Waals surface area contributed by atoms with Gasteiger partial charge in [0.2, 0.25) is 0 Å². The van der Waals surface area contributed by atoms with Crippen LogP contribution in [0.3, 0.4) is 0 Å². The summed E-state index contributed by atoms with van der Waals surface area (Å²) in [4.78, 5) is 38.3. The molecule has 3 atom stereocenters. The number of hydrogen-bond acceptors (Lipinski definition) is 5. The smallest absolute Gasteiger partial charge is 0.339 e. The second-order valence-corrected chi connectivity index (χ2v) is 10.7. The first-order valence-electron chi connectivity index (χ1n) is 12.1. The Hall–Kier alpha value is -2.67. The SMILES string of the molecule is Cc1cc(NC(=O)COC(=O)c2ccccc2C(=O)O[C@@H]2C[C@@H](C)CC[C@H]2C(C)C)c(C)cc1Br. The Bertz CT molecular complexity index is 1100. The molecule has 1 amide bonds. The molecule has 2 aromatic carbocycles. The standard InChI is InChI=1S/C28H34BrNO5/c1-16(2)20-11-10-17(3)12-25(20)35-28(33)22-9-7-6-8-21(22)27(32)34-15-26(31)30-24-14-18(4)23(29)13-19(24)5/h6-9,13-14,16-17,20,25H,10-12,15H2,1-5H3,(H,30,31)/t17-,20-,25+/m0/s1. The first-order valence-corrected chi connectivity index (χ1v) is 12.9. The van der Waals surface area contributed by atoms with E-state index in [-0.39, 0.29) is 17.2 Å². The Kier molecular flexibility index (Phi) is 9.11. The van der Waals surface area contributed by atoms with E-state index in [2.05, 4.69) is 42.0 Å². The van der Waals surface area contributed by atoms with Crippen LogP contribution in [0.25, 0.3) is 0 Å². The molecule has 2 aromatic rings. The number of hydrogen-bond donors (Lipinski definition) is 1. The van der Waals surface area contributed by atoms with Gasteiger partial charge in [0.05, 0.1) is 11.1 Å². The Morgan fingerprint density at radius 3 is 2.34 bits per heavy atom. The van der Waals surface area contributed by atoms with Crippen molar-refractivity contribution in [1.82, 2.24) is 0 Å². The van der Waals surface area contributed by atoms with E-state index in [9.17, 15) is 14.4 Å². The van der Waals surface area contributed by atoms with E-state index in [1.54, 1.807) is 18.2 Å². The number of nitrogens with one attached hydrogen (secondary N) is 1.